The van der Waals surface area contributed by atoms with E-state index in [9.17, 15) is 18.0 Å². The number of nitrogens with zero attached hydrogens (tertiary/aromatic N) is 5. The van der Waals surface area contributed by atoms with Crippen LogP contribution >= 0.6 is 11.8 Å². The van der Waals surface area contributed by atoms with Crippen LogP contribution in [0.3, 0.4) is 0 Å². The lowest BCUT2D eigenvalue weighted by Gasteiger charge is -2.09. The molecule has 4 aromatic rings. The molecule has 0 aliphatic heterocycles. The topological polar surface area (TPSA) is 103 Å². The summed E-state index contributed by atoms with van der Waals surface area (Å²) in [6, 6.07) is 18.4. The molecule has 0 amide bonds. The quantitative estimate of drug-likeness (QED) is 0.136. The van der Waals surface area contributed by atoms with Crippen molar-refractivity contribution in [3.05, 3.63) is 89.7 Å². The number of methoxy groups -OCH3 is 1. The van der Waals surface area contributed by atoms with E-state index in [1.165, 1.54) is 42.4 Å². The Morgan fingerprint density at radius 1 is 1.05 bits per heavy atom. The number of amidine groups is 1. The molecule has 218 valence electrons. The molecule has 0 aliphatic rings. The third-order valence-electron chi connectivity index (χ3n) is 5.74. The van der Waals surface area contributed by atoms with Crippen molar-refractivity contribution in [2.45, 2.75) is 26.6 Å². The second-order valence-corrected chi connectivity index (χ2v) is 9.97. The molecule has 0 atom stereocenters. The summed E-state index contributed by atoms with van der Waals surface area (Å²) in [6.07, 6.45) is -1.45. The van der Waals surface area contributed by atoms with Gasteiger partial charge in [-0.3, -0.25) is 10.2 Å². The average molecular weight is 597 g/mol. The van der Waals surface area contributed by atoms with Crippen molar-refractivity contribution in [2.24, 2.45) is 10.1 Å². The van der Waals surface area contributed by atoms with Gasteiger partial charge in [-0.2, -0.15) is 5.10 Å². The number of halogens is 3. The Kier molecular flexibility index (Phi) is 10.1. The van der Waals surface area contributed by atoms with Crippen LogP contribution in [0.2, 0.25) is 0 Å². The molecule has 13 heteroatoms. The van der Waals surface area contributed by atoms with Gasteiger partial charge < -0.3 is 9.47 Å². The first kappa shape index (κ1) is 30.5. The first-order valence-corrected chi connectivity index (χ1v) is 13.4. The van der Waals surface area contributed by atoms with Gasteiger partial charge in [0.2, 0.25) is 0 Å². The molecule has 0 unspecified atom stereocenters. The van der Waals surface area contributed by atoms with Crippen LogP contribution in [0.4, 0.5) is 18.9 Å². The van der Waals surface area contributed by atoms with Crippen molar-refractivity contribution in [2.75, 3.05) is 13.7 Å². The van der Waals surface area contributed by atoms with E-state index in [2.05, 4.69) is 30.3 Å². The lowest BCUT2D eigenvalue weighted by molar-refractivity contribution is -0.274. The number of aromatic nitrogens is 3. The molecule has 0 saturated carbocycles. The van der Waals surface area contributed by atoms with Gasteiger partial charge in [-0.1, -0.05) is 42.5 Å². The van der Waals surface area contributed by atoms with Crippen molar-refractivity contribution in [3.63, 3.8) is 0 Å². The highest BCUT2D eigenvalue weighted by atomic mass is 32.2. The van der Waals surface area contributed by atoms with Gasteiger partial charge in [-0.05, 0) is 66.6 Å². The predicted octanol–water partition coefficient (Wildman–Crippen LogP) is 6.36. The first-order valence-electron chi connectivity index (χ1n) is 12.6. The molecule has 0 fully saturated rings. The van der Waals surface area contributed by atoms with Crippen LogP contribution < -0.4 is 10.2 Å². The molecular weight excluding hydrogens is 569 g/mol. The number of para-hydroxylation sites is 1. The molecule has 9 nitrogen and oxygen atoms in total. The number of nitrogens with one attached hydrogen (secondary N) is 1. The zero-order chi connectivity index (χ0) is 30.1. The summed E-state index contributed by atoms with van der Waals surface area (Å²) in [6.45, 7) is 4.22. The summed E-state index contributed by atoms with van der Waals surface area (Å²) in [4.78, 5) is 21.3. The number of hydrogen-bond donors (Lipinski definition) is 1. The maximum Gasteiger partial charge on any atom is 0.573 e. The number of aliphatic imine (C=N–C) groups is 1. The van der Waals surface area contributed by atoms with Gasteiger partial charge in [0.05, 0.1) is 24.2 Å². The first-order chi connectivity index (χ1) is 20.1. The molecule has 0 saturated heterocycles. The fourth-order valence-electron chi connectivity index (χ4n) is 3.70. The Morgan fingerprint density at radius 2 is 1.74 bits per heavy atom. The number of hydrogen-bond acceptors (Lipinski definition) is 8. The third-order valence-corrected chi connectivity index (χ3v) is 6.55. The number of hydrazone groups is 1. The smallest absolute Gasteiger partial charge is 0.406 e. The van der Waals surface area contributed by atoms with Gasteiger partial charge in [-0.15, -0.1) is 18.3 Å². The van der Waals surface area contributed by atoms with Crippen molar-refractivity contribution < 1.29 is 27.4 Å². The summed E-state index contributed by atoms with van der Waals surface area (Å²) >= 11 is 0.966. The fourth-order valence-corrected chi connectivity index (χ4v) is 4.34. The highest BCUT2D eigenvalue weighted by Gasteiger charge is 2.31. The van der Waals surface area contributed by atoms with E-state index >= 15 is 0 Å². The number of carbonyl (C=O) groups is 1. The standard InChI is InChI=1S/C29H27F3N6O3S/c1-19-5-4-6-20(2)26(19)35-28(42-25(39)15-16-40-3)36-34-17-21-7-9-22(10-8-21)27-33-18-38(37-27)23-11-13-24(14-12-23)41-29(30,31)32/h4-14,17-18H,15-16H2,1-3H3,(H,35,36)/b34-17-. The number of thioether (sulfide) groups is 1. The number of ether oxygens (including phenoxy) is 2. The van der Waals surface area contributed by atoms with Gasteiger partial charge in [0.25, 0.3) is 0 Å². The molecular formula is C29H27F3N6O3S. The van der Waals surface area contributed by atoms with Crippen molar-refractivity contribution in [1.29, 1.82) is 0 Å². The number of rotatable bonds is 9. The maximum atomic E-state index is 12.4. The number of carbonyl (C=O) groups excluding carboxylic acids is 1. The second kappa shape index (κ2) is 13.9. The predicted molar refractivity (Wildman–Crippen MR) is 156 cm³/mol. The Balaban J connectivity index is 1.43. The van der Waals surface area contributed by atoms with Gasteiger partial charge in [0.1, 0.15) is 12.1 Å². The van der Waals surface area contributed by atoms with E-state index in [0.717, 1.165) is 39.7 Å². The molecule has 0 radical (unpaired) electrons. The molecule has 1 N–H and O–H groups in total. The van der Waals surface area contributed by atoms with Crippen LogP contribution in [0.1, 0.15) is 23.1 Å². The SMILES string of the molecule is COCCC(=O)SC(=Nc1c(C)cccc1C)N/N=C\c1ccc(-c2ncn(-c3ccc(OC(F)(F)F)cc3)n2)cc1. The molecule has 0 spiro atoms. The summed E-state index contributed by atoms with van der Waals surface area (Å²) in [7, 11) is 1.54. The summed E-state index contributed by atoms with van der Waals surface area (Å²) in [5.74, 6) is 0.111. The normalized spacial score (nSPS) is 12.1. The zero-order valence-electron chi connectivity index (χ0n) is 22.9. The zero-order valence-corrected chi connectivity index (χ0v) is 23.7. The molecule has 1 aromatic heterocycles. The van der Waals surface area contributed by atoms with Crippen LogP contribution in [0.5, 0.6) is 5.75 Å². The highest BCUT2D eigenvalue weighted by molar-refractivity contribution is 8.26. The Morgan fingerprint density at radius 3 is 2.38 bits per heavy atom. The van der Waals surface area contributed by atoms with Gasteiger partial charge >= 0.3 is 6.36 Å². The van der Waals surface area contributed by atoms with Crippen molar-refractivity contribution in [3.8, 4) is 22.8 Å². The Hall–Kier alpha value is -4.49. The number of benzene rings is 3. The van der Waals surface area contributed by atoms with E-state index in [1.54, 1.807) is 6.21 Å². The fraction of sp³-hybridized carbons (Fsp3) is 0.207. The minimum absolute atomic E-state index is 0.105. The van der Waals surface area contributed by atoms with Gasteiger partial charge in [-0.25, -0.2) is 14.7 Å². The van der Waals surface area contributed by atoms with Crippen molar-refractivity contribution >= 4 is 33.9 Å². The number of aryl methyl sites for hydroxylation is 2. The van der Waals surface area contributed by atoms with Crippen LogP contribution in [0.15, 0.2) is 83.2 Å². The van der Waals surface area contributed by atoms with Crippen LogP contribution in [-0.2, 0) is 9.53 Å². The van der Waals surface area contributed by atoms with E-state index in [0.29, 0.717) is 23.3 Å². The Bertz CT molecular complexity index is 1550. The summed E-state index contributed by atoms with van der Waals surface area (Å²) < 4.78 is 47.5. The van der Waals surface area contributed by atoms with Gasteiger partial charge in [0, 0.05) is 19.1 Å². The highest BCUT2D eigenvalue weighted by Crippen LogP contribution is 2.26. The average Bonchev–Trinajstić information content (AvgIpc) is 3.44. The minimum Gasteiger partial charge on any atom is -0.406 e. The van der Waals surface area contributed by atoms with E-state index in [-0.39, 0.29) is 17.3 Å². The van der Waals surface area contributed by atoms with E-state index < -0.39 is 6.36 Å². The summed E-state index contributed by atoms with van der Waals surface area (Å²) in [5.41, 5.74) is 7.62. The maximum absolute atomic E-state index is 12.4. The van der Waals surface area contributed by atoms with Gasteiger partial charge in [0.15, 0.2) is 16.1 Å². The van der Waals surface area contributed by atoms with Crippen LogP contribution in [-0.4, -0.2) is 51.3 Å². The monoisotopic (exact) mass is 596 g/mol. The van der Waals surface area contributed by atoms with Crippen LogP contribution in [0.25, 0.3) is 17.1 Å². The molecule has 4 rings (SSSR count). The third kappa shape index (κ3) is 8.75. The Labute approximate surface area is 244 Å². The minimum atomic E-state index is -4.76. The van der Waals surface area contributed by atoms with E-state index in [1.807, 2.05) is 56.3 Å². The lowest BCUT2D eigenvalue weighted by atomic mass is 10.1. The molecule has 3 aromatic carbocycles. The second-order valence-electron chi connectivity index (χ2n) is 8.92. The molecule has 0 aliphatic carbocycles. The largest absolute Gasteiger partial charge is 0.573 e. The molecule has 0 bridgehead atoms. The summed E-state index contributed by atoms with van der Waals surface area (Å²) in [5, 5.41) is 8.93. The van der Waals surface area contributed by atoms with E-state index in [4.69, 9.17) is 4.74 Å². The van der Waals surface area contributed by atoms with Crippen LogP contribution in [0, 0.1) is 13.8 Å². The molecule has 42 heavy (non-hydrogen) atoms. The van der Waals surface area contributed by atoms with Crippen molar-refractivity contribution in [1.82, 2.24) is 20.2 Å². The number of alkyl halides is 3. The lowest BCUT2D eigenvalue weighted by Crippen LogP contribution is -2.17. The molecule has 1 heterocycles.